The van der Waals surface area contributed by atoms with E-state index in [1.165, 1.54) is 14.2 Å². The summed E-state index contributed by atoms with van der Waals surface area (Å²) in [5.74, 6) is -0.699. The van der Waals surface area contributed by atoms with Gasteiger partial charge < -0.3 is 4.74 Å². The molecule has 0 saturated carbocycles. The van der Waals surface area contributed by atoms with Crippen molar-refractivity contribution in [3.63, 3.8) is 0 Å². The number of hydroxylamine groups is 2. The molecule has 1 amide bonds. The van der Waals surface area contributed by atoms with Gasteiger partial charge in [-0.3, -0.25) is 9.63 Å². The van der Waals surface area contributed by atoms with Crippen molar-refractivity contribution in [2.24, 2.45) is 0 Å². The van der Waals surface area contributed by atoms with Crippen molar-refractivity contribution in [2.45, 2.75) is 12.8 Å². The molecule has 0 heterocycles. The van der Waals surface area contributed by atoms with Crippen molar-refractivity contribution in [1.29, 1.82) is 0 Å². The first-order valence-electron chi connectivity index (χ1n) is 7.13. The Labute approximate surface area is 156 Å². The summed E-state index contributed by atoms with van der Waals surface area (Å²) in [4.78, 5) is 17.0. The number of amides is 1. The van der Waals surface area contributed by atoms with Crippen LogP contribution >= 0.6 is 22.6 Å². The average Bonchev–Trinajstić information content (AvgIpc) is 2.59. The molecule has 4 nitrogen and oxygen atoms in total. The van der Waals surface area contributed by atoms with Crippen molar-refractivity contribution < 1.29 is 27.5 Å². The Kier molecular flexibility index (Phi) is 6.28. The van der Waals surface area contributed by atoms with Crippen LogP contribution in [0.4, 0.5) is 13.2 Å². The number of alkyl halides is 3. The zero-order valence-corrected chi connectivity index (χ0v) is 15.6. The Morgan fingerprint density at radius 2 is 1.84 bits per heavy atom. The SMILES string of the molecule is CON(C)C(=O)c1cc(C(F)(F)F)cc(OCc2ccccc2)c1I. The van der Waals surface area contributed by atoms with Crippen LogP contribution in [0.2, 0.25) is 0 Å². The molecule has 0 saturated heterocycles. The van der Waals surface area contributed by atoms with E-state index in [1.54, 1.807) is 46.9 Å². The summed E-state index contributed by atoms with van der Waals surface area (Å²) in [5.41, 5.74) is -0.288. The Hall–Kier alpha value is -1.81. The average molecular weight is 465 g/mol. The molecule has 0 spiro atoms. The number of benzene rings is 2. The largest absolute Gasteiger partial charge is 0.488 e. The lowest BCUT2D eigenvalue weighted by molar-refractivity contribution is -0.137. The minimum atomic E-state index is -4.60. The third kappa shape index (κ3) is 4.85. The van der Waals surface area contributed by atoms with E-state index in [2.05, 4.69) is 0 Å². The van der Waals surface area contributed by atoms with Gasteiger partial charge in [0.05, 0.1) is 21.8 Å². The summed E-state index contributed by atoms with van der Waals surface area (Å²) >= 11 is 1.80. The molecule has 2 rings (SSSR count). The number of nitrogens with zero attached hydrogens (tertiary/aromatic N) is 1. The number of hydrogen-bond donors (Lipinski definition) is 0. The van der Waals surface area contributed by atoms with Crippen LogP contribution in [0.25, 0.3) is 0 Å². The molecule has 2 aromatic rings. The molecule has 0 aliphatic rings. The molecule has 0 N–H and O–H groups in total. The minimum Gasteiger partial charge on any atom is -0.488 e. The summed E-state index contributed by atoms with van der Waals surface area (Å²) in [6.45, 7) is 0.0892. The van der Waals surface area contributed by atoms with E-state index in [-0.39, 0.29) is 21.5 Å². The second-order valence-electron chi connectivity index (χ2n) is 5.09. The fourth-order valence-corrected chi connectivity index (χ4v) is 2.71. The third-order valence-corrected chi connectivity index (χ3v) is 4.51. The summed E-state index contributed by atoms with van der Waals surface area (Å²) in [5, 5.41) is 0.860. The van der Waals surface area contributed by atoms with Gasteiger partial charge in [0.2, 0.25) is 0 Å². The van der Waals surface area contributed by atoms with Crippen LogP contribution in [0.5, 0.6) is 5.75 Å². The second kappa shape index (κ2) is 8.05. The monoisotopic (exact) mass is 465 g/mol. The van der Waals surface area contributed by atoms with Crippen LogP contribution in [0.3, 0.4) is 0 Å². The van der Waals surface area contributed by atoms with Gasteiger partial charge in [-0.15, -0.1) is 0 Å². The van der Waals surface area contributed by atoms with Crippen LogP contribution in [-0.4, -0.2) is 25.1 Å². The van der Waals surface area contributed by atoms with Gasteiger partial charge in [0.1, 0.15) is 12.4 Å². The van der Waals surface area contributed by atoms with E-state index in [0.29, 0.717) is 0 Å². The van der Waals surface area contributed by atoms with Gasteiger partial charge >= 0.3 is 6.18 Å². The maximum absolute atomic E-state index is 13.2. The molecule has 0 aromatic heterocycles. The van der Waals surface area contributed by atoms with Gasteiger partial charge in [0.25, 0.3) is 5.91 Å². The van der Waals surface area contributed by atoms with Crippen LogP contribution in [0.15, 0.2) is 42.5 Å². The lowest BCUT2D eigenvalue weighted by Gasteiger charge is -2.18. The van der Waals surface area contributed by atoms with Crippen molar-refractivity contribution >= 4 is 28.5 Å². The quantitative estimate of drug-likeness (QED) is 0.482. The number of rotatable bonds is 5. The van der Waals surface area contributed by atoms with E-state index in [4.69, 9.17) is 9.57 Å². The van der Waals surface area contributed by atoms with Gasteiger partial charge in [-0.1, -0.05) is 30.3 Å². The van der Waals surface area contributed by atoms with E-state index in [1.807, 2.05) is 6.07 Å². The fourth-order valence-electron chi connectivity index (χ4n) is 2.01. The first kappa shape index (κ1) is 19.5. The molecule has 0 aliphatic carbocycles. The Bertz CT molecular complexity index is 751. The van der Waals surface area contributed by atoms with Crippen LogP contribution in [-0.2, 0) is 17.6 Å². The fraction of sp³-hybridized carbons (Fsp3) is 0.235. The van der Waals surface area contributed by atoms with Gasteiger partial charge in [-0.25, -0.2) is 5.06 Å². The standard InChI is InChI=1S/C17H15F3INO3/c1-22(24-2)16(23)13-8-12(17(18,19)20)9-14(15(13)21)25-10-11-6-4-3-5-7-11/h3-9H,10H2,1-2H3. The first-order valence-corrected chi connectivity index (χ1v) is 8.21. The number of hydrogen-bond acceptors (Lipinski definition) is 3. The molecule has 134 valence electrons. The highest BCUT2D eigenvalue weighted by atomic mass is 127. The highest BCUT2D eigenvalue weighted by Crippen LogP contribution is 2.36. The van der Waals surface area contributed by atoms with Gasteiger partial charge in [0, 0.05) is 7.05 Å². The molecule has 8 heteroatoms. The number of carbonyl (C=O) groups excluding carboxylic acids is 1. The van der Waals surface area contributed by atoms with Crippen LogP contribution in [0, 0.1) is 3.57 Å². The molecule has 0 unspecified atom stereocenters. The zero-order chi connectivity index (χ0) is 18.6. The van der Waals surface area contributed by atoms with Crippen molar-refractivity contribution in [3.8, 4) is 5.75 Å². The number of halogens is 4. The predicted molar refractivity (Wildman–Crippen MR) is 94.0 cm³/mol. The molecule has 25 heavy (non-hydrogen) atoms. The number of carbonyl (C=O) groups is 1. The highest BCUT2D eigenvalue weighted by molar-refractivity contribution is 14.1. The summed E-state index contributed by atoms with van der Waals surface area (Å²) in [6, 6.07) is 10.7. The van der Waals surface area contributed by atoms with Gasteiger partial charge in [-0.2, -0.15) is 13.2 Å². The van der Waals surface area contributed by atoms with Crippen molar-refractivity contribution in [2.75, 3.05) is 14.2 Å². The molecule has 2 aromatic carbocycles. The maximum Gasteiger partial charge on any atom is 0.416 e. The Morgan fingerprint density at radius 3 is 2.40 bits per heavy atom. The normalized spacial score (nSPS) is 11.3. The third-order valence-electron chi connectivity index (χ3n) is 3.39. The van der Waals surface area contributed by atoms with E-state index < -0.39 is 17.6 Å². The molecular weight excluding hydrogens is 450 g/mol. The molecule has 0 aliphatic heterocycles. The van der Waals surface area contributed by atoms with Crippen molar-refractivity contribution in [1.82, 2.24) is 5.06 Å². The van der Waals surface area contributed by atoms with E-state index in [9.17, 15) is 18.0 Å². The summed E-state index contributed by atoms with van der Waals surface area (Å²) < 4.78 is 45.4. The summed E-state index contributed by atoms with van der Waals surface area (Å²) in [7, 11) is 2.58. The molecule has 0 bridgehead atoms. The van der Waals surface area contributed by atoms with Crippen LogP contribution in [0.1, 0.15) is 21.5 Å². The molecule has 0 atom stereocenters. The zero-order valence-electron chi connectivity index (χ0n) is 13.4. The first-order chi connectivity index (χ1) is 11.7. The summed E-state index contributed by atoms with van der Waals surface area (Å²) in [6.07, 6.45) is -4.60. The lowest BCUT2D eigenvalue weighted by Crippen LogP contribution is -2.27. The Balaban J connectivity index is 2.42. The van der Waals surface area contributed by atoms with Crippen molar-refractivity contribution in [3.05, 3.63) is 62.7 Å². The van der Waals surface area contributed by atoms with E-state index >= 15 is 0 Å². The van der Waals surface area contributed by atoms with E-state index in [0.717, 1.165) is 22.8 Å². The molecule has 0 fully saturated rings. The van der Waals surface area contributed by atoms with Gasteiger partial charge in [-0.05, 0) is 40.3 Å². The molecular formula is C17H15F3INO3. The lowest BCUT2D eigenvalue weighted by atomic mass is 10.1. The predicted octanol–water partition coefficient (Wildman–Crippen LogP) is 4.52. The maximum atomic E-state index is 13.2. The molecule has 0 radical (unpaired) electrons. The second-order valence-corrected chi connectivity index (χ2v) is 6.17. The number of ether oxygens (including phenoxy) is 1. The Morgan fingerprint density at radius 1 is 1.20 bits per heavy atom. The smallest absolute Gasteiger partial charge is 0.416 e. The topological polar surface area (TPSA) is 38.8 Å². The van der Waals surface area contributed by atoms with Gasteiger partial charge in [0.15, 0.2) is 0 Å². The minimum absolute atomic E-state index is 0.00729. The highest BCUT2D eigenvalue weighted by Gasteiger charge is 2.34. The van der Waals surface area contributed by atoms with Crippen LogP contribution < -0.4 is 4.74 Å².